The molecule has 1 fully saturated rings. The highest BCUT2D eigenvalue weighted by atomic mass is 32.2. The number of ether oxygens (including phenoxy) is 1. The number of rotatable bonds is 12. The molecule has 1 unspecified atom stereocenters. The molecule has 1 aliphatic rings. The molecular formula is C21H36FN3O3S. The fourth-order valence-corrected chi connectivity index (χ4v) is 4.24. The van der Waals surface area contributed by atoms with Gasteiger partial charge in [-0.2, -0.15) is 12.7 Å². The fourth-order valence-electron chi connectivity index (χ4n) is 3.57. The summed E-state index contributed by atoms with van der Waals surface area (Å²) in [7, 11) is -0.309. The minimum absolute atomic E-state index is 0.155. The van der Waals surface area contributed by atoms with Crippen molar-refractivity contribution >= 4 is 10.2 Å². The fraction of sp³-hybridized carbons (Fsp3) is 0.714. The minimum Gasteiger partial charge on any atom is -0.378 e. The summed E-state index contributed by atoms with van der Waals surface area (Å²) in [6, 6.07) is 6.97. The van der Waals surface area contributed by atoms with Crippen molar-refractivity contribution in [1.29, 1.82) is 0 Å². The first kappa shape index (κ1) is 24.2. The zero-order chi connectivity index (χ0) is 21.3. The number of nitrogens with one attached hydrogen (secondary N) is 2. The summed E-state index contributed by atoms with van der Waals surface area (Å²) in [6.45, 7) is 4.90. The lowest BCUT2D eigenvalue weighted by Gasteiger charge is -2.29. The van der Waals surface area contributed by atoms with Crippen molar-refractivity contribution in [3.63, 3.8) is 0 Å². The van der Waals surface area contributed by atoms with Crippen molar-refractivity contribution in [2.24, 2.45) is 5.92 Å². The van der Waals surface area contributed by atoms with Gasteiger partial charge in [-0.25, -0.2) is 9.11 Å². The lowest BCUT2D eigenvalue weighted by atomic mass is 9.82. The van der Waals surface area contributed by atoms with Gasteiger partial charge in [0.05, 0.1) is 12.7 Å². The number of hydrogen-bond acceptors (Lipinski definition) is 4. The SMILES string of the molecule is CC(CNCCCNS(=O)(=O)N(C)C)CO[C@H]1CC[C@@H](c2cccc(F)c2)CC1. The van der Waals surface area contributed by atoms with Crippen LogP contribution in [0.1, 0.15) is 50.5 Å². The second kappa shape index (κ2) is 12.0. The van der Waals surface area contributed by atoms with Gasteiger partial charge in [0.25, 0.3) is 10.2 Å². The van der Waals surface area contributed by atoms with Gasteiger partial charge in [0.1, 0.15) is 5.82 Å². The molecule has 8 heteroatoms. The first-order valence-corrected chi connectivity index (χ1v) is 12.0. The summed E-state index contributed by atoms with van der Waals surface area (Å²) in [5.74, 6) is 0.682. The summed E-state index contributed by atoms with van der Waals surface area (Å²) >= 11 is 0. The van der Waals surface area contributed by atoms with E-state index in [-0.39, 0.29) is 5.82 Å². The van der Waals surface area contributed by atoms with Crippen LogP contribution in [0, 0.1) is 11.7 Å². The lowest BCUT2D eigenvalue weighted by molar-refractivity contribution is 0.00776. The van der Waals surface area contributed by atoms with Crippen LogP contribution in [-0.2, 0) is 14.9 Å². The summed E-state index contributed by atoms with van der Waals surface area (Å²) in [5.41, 5.74) is 1.11. The van der Waals surface area contributed by atoms with Gasteiger partial charge in [0.2, 0.25) is 0 Å². The highest BCUT2D eigenvalue weighted by molar-refractivity contribution is 7.87. The Hall–Kier alpha value is -1.06. The third-order valence-corrected chi connectivity index (χ3v) is 6.93. The normalized spacial score (nSPS) is 21.4. The van der Waals surface area contributed by atoms with Crippen LogP contribution < -0.4 is 10.0 Å². The Kier molecular flexibility index (Phi) is 9.98. The summed E-state index contributed by atoms with van der Waals surface area (Å²) < 4.78 is 46.4. The van der Waals surface area contributed by atoms with E-state index in [1.165, 1.54) is 24.5 Å². The lowest BCUT2D eigenvalue weighted by Crippen LogP contribution is -2.37. The first-order chi connectivity index (χ1) is 13.8. The quantitative estimate of drug-likeness (QED) is 0.501. The van der Waals surface area contributed by atoms with Crippen molar-refractivity contribution < 1.29 is 17.5 Å². The van der Waals surface area contributed by atoms with Crippen LogP contribution in [0.15, 0.2) is 24.3 Å². The molecule has 2 rings (SSSR count). The molecule has 0 bridgehead atoms. The Morgan fingerprint density at radius 2 is 1.93 bits per heavy atom. The van der Waals surface area contributed by atoms with Gasteiger partial charge in [-0.05, 0) is 74.7 Å². The highest BCUT2D eigenvalue weighted by Crippen LogP contribution is 2.34. The molecule has 166 valence electrons. The molecule has 1 atom stereocenters. The van der Waals surface area contributed by atoms with Crippen LogP contribution >= 0.6 is 0 Å². The van der Waals surface area contributed by atoms with Gasteiger partial charge < -0.3 is 10.1 Å². The third kappa shape index (κ3) is 8.68. The zero-order valence-corrected chi connectivity index (χ0v) is 18.7. The molecule has 1 aromatic carbocycles. The monoisotopic (exact) mass is 429 g/mol. The molecule has 0 aliphatic heterocycles. The minimum atomic E-state index is -3.33. The molecule has 1 aromatic rings. The van der Waals surface area contributed by atoms with E-state index in [0.29, 0.717) is 24.5 Å². The molecule has 0 radical (unpaired) electrons. The maximum Gasteiger partial charge on any atom is 0.278 e. The van der Waals surface area contributed by atoms with E-state index < -0.39 is 10.2 Å². The Labute approximate surface area is 175 Å². The van der Waals surface area contributed by atoms with Crippen molar-refractivity contribution in [1.82, 2.24) is 14.3 Å². The first-order valence-electron chi connectivity index (χ1n) is 10.5. The van der Waals surface area contributed by atoms with Crippen molar-refractivity contribution in [3.05, 3.63) is 35.6 Å². The molecule has 0 amide bonds. The largest absolute Gasteiger partial charge is 0.378 e. The smallest absolute Gasteiger partial charge is 0.278 e. The summed E-state index contributed by atoms with van der Waals surface area (Å²) in [4.78, 5) is 0. The van der Waals surface area contributed by atoms with Crippen molar-refractivity contribution in [3.8, 4) is 0 Å². The van der Waals surface area contributed by atoms with Crippen LogP contribution in [0.25, 0.3) is 0 Å². The van der Waals surface area contributed by atoms with E-state index in [1.807, 2.05) is 6.07 Å². The molecular weight excluding hydrogens is 393 g/mol. The third-order valence-electron chi connectivity index (χ3n) is 5.40. The maximum absolute atomic E-state index is 13.4. The summed E-state index contributed by atoms with van der Waals surface area (Å²) in [6.07, 6.45) is 5.17. The number of halogens is 1. The molecule has 6 nitrogen and oxygen atoms in total. The molecule has 0 saturated heterocycles. The van der Waals surface area contributed by atoms with Crippen LogP contribution in [0.2, 0.25) is 0 Å². The number of benzene rings is 1. The van der Waals surface area contributed by atoms with Gasteiger partial charge in [-0.1, -0.05) is 19.1 Å². The second-order valence-electron chi connectivity index (χ2n) is 8.21. The predicted octanol–water partition coefficient (Wildman–Crippen LogP) is 2.88. The van der Waals surface area contributed by atoms with E-state index >= 15 is 0 Å². The molecule has 0 spiro atoms. The Balaban J connectivity index is 1.53. The predicted molar refractivity (Wildman–Crippen MR) is 115 cm³/mol. The van der Waals surface area contributed by atoms with Gasteiger partial charge in [-0.3, -0.25) is 0 Å². The van der Waals surface area contributed by atoms with E-state index in [2.05, 4.69) is 17.0 Å². The standard InChI is InChI=1S/C21H36FN3O3S/c1-17(15-23-12-5-13-24-29(26,27)25(2)3)16-28-21-10-8-18(9-11-21)19-6-4-7-20(22)14-19/h4,6-7,14,17-18,21,23-24H,5,8-13,15-16H2,1-3H3/t17?,18-,21+. The molecule has 1 saturated carbocycles. The maximum atomic E-state index is 13.4. The zero-order valence-electron chi connectivity index (χ0n) is 17.9. The molecule has 0 heterocycles. The van der Waals surface area contributed by atoms with E-state index in [4.69, 9.17) is 4.74 Å². The average molecular weight is 430 g/mol. The molecule has 1 aliphatic carbocycles. The van der Waals surface area contributed by atoms with Crippen LogP contribution in [0.4, 0.5) is 4.39 Å². The van der Waals surface area contributed by atoms with Gasteiger partial charge in [-0.15, -0.1) is 0 Å². The van der Waals surface area contributed by atoms with Crippen molar-refractivity contribution in [2.75, 3.05) is 40.3 Å². The Morgan fingerprint density at radius 1 is 1.21 bits per heavy atom. The van der Waals surface area contributed by atoms with Crippen LogP contribution in [0.3, 0.4) is 0 Å². The Morgan fingerprint density at radius 3 is 2.59 bits per heavy atom. The highest BCUT2D eigenvalue weighted by Gasteiger charge is 2.23. The number of nitrogens with zero attached hydrogens (tertiary/aromatic N) is 1. The molecule has 0 aromatic heterocycles. The van der Waals surface area contributed by atoms with E-state index in [1.54, 1.807) is 12.1 Å². The van der Waals surface area contributed by atoms with Gasteiger partial charge in [0, 0.05) is 20.6 Å². The van der Waals surface area contributed by atoms with Gasteiger partial charge >= 0.3 is 0 Å². The summed E-state index contributed by atoms with van der Waals surface area (Å²) in [5, 5.41) is 3.36. The van der Waals surface area contributed by atoms with Crippen molar-refractivity contribution in [2.45, 2.75) is 51.0 Å². The molecule has 2 N–H and O–H groups in total. The van der Waals surface area contributed by atoms with Gasteiger partial charge in [0.15, 0.2) is 0 Å². The average Bonchev–Trinajstić information content (AvgIpc) is 2.69. The van der Waals surface area contributed by atoms with Crippen LogP contribution in [-0.4, -0.2) is 59.2 Å². The molecule has 29 heavy (non-hydrogen) atoms. The Bertz CT molecular complexity index is 707. The van der Waals surface area contributed by atoms with E-state index in [0.717, 1.165) is 57.4 Å². The number of hydrogen-bond donors (Lipinski definition) is 2. The van der Waals surface area contributed by atoms with Crippen LogP contribution in [0.5, 0.6) is 0 Å². The second-order valence-corrected chi connectivity index (χ2v) is 10.2. The van der Waals surface area contributed by atoms with E-state index in [9.17, 15) is 12.8 Å². The topological polar surface area (TPSA) is 70.7 Å².